The molecule has 134 valence electrons. The maximum Gasteiger partial charge on any atom is 0.251 e. The van der Waals surface area contributed by atoms with Gasteiger partial charge in [-0.05, 0) is 31.0 Å². The molecule has 0 aromatic heterocycles. The number of halogens is 2. The first-order valence-corrected chi connectivity index (χ1v) is 8.46. The average molecular weight is 421 g/mol. The van der Waals surface area contributed by atoms with Gasteiger partial charge in [-0.25, -0.2) is 0 Å². The smallest absolute Gasteiger partial charge is 0.251 e. The first-order chi connectivity index (χ1) is 11.1. The minimum atomic E-state index is -0.535. The highest BCUT2D eigenvalue weighted by Crippen LogP contribution is 2.29. The van der Waals surface area contributed by atoms with Gasteiger partial charge in [-0.3, -0.25) is 9.59 Å². The van der Waals surface area contributed by atoms with Crippen LogP contribution in [-0.2, 0) is 9.53 Å². The predicted molar refractivity (Wildman–Crippen MR) is 98.3 cm³/mol. The van der Waals surface area contributed by atoms with E-state index in [1.165, 1.54) is 0 Å². The van der Waals surface area contributed by atoms with Crippen molar-refractivity contribution in [3.05, 3.63) is 34.3 Å². The van der Waals surface area contributed by atoms with Crippen LogP contribution in [0.5, 0.6) is 0 Å². The first kappa shape index (κ1) is 20.9. The quantitative estimate of drug-likeness (QED) is 0.608. The van der Waals surface area contributed by atoms with Gasteiger partial charge in [0.05, 0.1) is 5.41 Å². The maximum atomic E-state index is 12.3. The van der Waals surface area contributed by atoms with Crippen molar-refractivity contribution in [3.8, 4) is 0 Å². The summed E-state index contributed by atoms with van der Waals surface area (Å²) in [7, 11) is 0. The van der Waals surface area contributed by atoms with Gasteiger partial charge in [0.15, 0.2) is 0 Å². The van der Waals surface area contributed by atoms with E-state index < -0.39 is 5.41 Å². The van der Waals surface area contributed by atoms with Crippen LogP contribution in [0.4, 0.5) is 0 Å². The summed E-state index contributed by atoms with van der Waals surface area (Å²) in [5, 5.41) is 5.65. The second-order valence-electron chi connectivity index (χ2n) is 5.62. The van der Waals surface area contributed by atoms with E-state index in [2.05, 4.69) is 26.6 Å². The van der Waals surface area contributed by atoms with Crippen molar-refractivity contribution in [2.24, 2.45) is 11.1 Å². The molecule has 0 atom stereocenters. The number of carbonyl (C=O) groups excluding carboxylic acids is 2. The third kappa shape index (κ3) is 5.44. The first-order valence-electron chi connectivity index (χ1n) is 7.67. The van der Waals surface area contributed by atoms with Crippen molar-refractivity contribution in [3.63, 3.8) is 0 Å². The molecule has 6 nitrogen and oxygen atoms in total. The van der Waals surface area contributed by atoms with E-state index in [0.29, 0.717) is 51.3 Å². The molecule has 24 heavy (non-hydrogen) atoms. The molecule has 0 aliphatic carbocycles. The van der Waals surface area contributed by atoms with Crippen molar-refractivity contribution in [1.29, 1.82) is 0 Å². The summed E-state index contributed by atoms with van der Waals surface area (Å²) < 4.78 is 6.15. The molecular formula is C16H23BrClN3O3. The Morgan fingerprint density at radius 2 is 1.88 bits per heavy atom. The van der Waals surface area contributed by atoms with Crippen LogP contribution in [0.15, 0.2) is 28.7 Å². The number of hydrogen-bond acceptors (Lipinski definition) is 4. The summed E-state index contributed by atoms with van der Waals surface area (Å²) in [4.78, 5) is 24.3. The van der Waals surface area contributed by atoms with Gasteiger partial charge in [0.2, 0.25) is 5.91 Å². The van der Waals surface area contributed by atoms with Crippen LogP contribution in [-0.4, -0.2) is 44.7 Å². The molecule has 8 heteroatoms. The van der Waals surface area contributed by atoms with Gasteiger partial charge in [0.25, 0.3) is 5.91 Å². The van der Waals surface area contributed by atoms with E-state index in [1.807, 2.05) is 6.07 Å². The van der Waals surface area contributed by atoms with Gasteiger partial charge >= 0.3 is 0 Å². The fourth-order valence-electron chi connectivity index (χ4n) is 2.56. The van der Waals surface area contributed by atoms with E-state index in [-0.39, 0.29) is 24.2 Å². The maximum absolute atomic E-state index is 12.3. The molecule has 0 unspecified atom stereocenters. The molecule has 1 fully saturated rings. The number of ether oxygens (including phenoxy) is 1. The summed E-state index contributed by atoms with van der Waals surface area (Å²) in [6.07, 6.45) is 1.28. The third-order valence-electron chi connectivity index (χ3n) is 4.11. The second kappa shape index (κ2) is 9.98. The third-order valence-corrected chi connectivity index (χ3v) is 4.60. The van der Waals surface area contributed by atoms with Crippen LogP contribution in [0.3, 0.4) is 0 Å². The van der Waals surface area contributed by atoms with Crippen molar-refractivity contribution < 1.29 is 14.3 Å². The minimum Gasteiger partial charge on any atom is -0.381 e. The van der Waals surface area contributed by atoms with Crippen LogP contribution in [0.1, 0.15) is 23.2 Å². The summed E-state index contributed by atoms with van der Waals surface area (Å²) in [6, 6.07) is 7.15. The lowest BCUT2D eigenvalue weighted by Gasteiger charge is -2.34. The second-order valence-corrected chi connectivity index (χ2v) is 6.53. The van der Waals surface area contributed by atoms with E-state index >= 15 is 0 Å². The lowest BCUT2D eigenvalue weighted by molar-refractivity contribution is -0.135. The number of hydrogen-bond donors (Lipinski definition) is 3. The van der Waals surface area contributed by atoms with Crippen LogP contribution in [0.25, 0.3) is 0 Å². The Bertz CT molecular complexity index is 565. The Balaban J connectivity index is 0.00000288. The highest BCUT2D eigenvalue weighted by Gasteiger charge is 2.38. The predicted octanol–water partition coefficient (Wildman–Crippen LogP) is 1.47. The molecule has 2 rings (SSSR count). The Morgan fingerprint density at radius 3 is 2.50 bits per heavy atom. The van der Waals surface area contributed by atoms with E-state index in [0.717, 1.165) is 4.47 Å². The number of benzene rings is 1. The topological polar surface area (TPSA) is 93.5 Å². The zero-order valence-corrected chi connectivity index (χ0v) is 15.7. The molecule has 1 aromatic carbocycles. The standard InChI is InChI=1S/C16H22BrN3O3.ClH/c17-13-3-1-2-12(10-13)14(21)19-6-7-20-15(22)16(11-18)4-8-23-9-5-16;/h1-3,10H,4-9,11,18H2,(H,19,21)(H,20,22);1H. The lowest BCUT2D eigenvalue weighted by Crippen LogP contribution is -2.50. The largest absolute Gasteiger partial charge is 0.381 e. The molecule has 1 aromatic rings. The van der Waals surface area contributed by atoms with Crippen LogP contribution in [0.2, 0.25) is 0 Å². The number of rotatable bonds is 6. The zero-order valence-electron chi connectivity index (χ0n) is 13.3. The summed E-state index contributed by atoms with van der Waals surface area (Å²) in [5.74, 6) is -0.222. The molecule has 1 aliphatic rings. The highest BCUT2D eigenvalue weighted by molar-refractivity contribution is 9.10. The zero-order chi connectivity index (χ0) is 16.7. The molecule has 1 saturated heterocycles. The van der Waals surface area contributed by atoms with Crippen LogP contribution < -0.4 is 16.4 Å². The number of nitrogens with one attached hydrogen (secondary N) is 2. The molecular weight excluding hydrogens is 398 g/mol. The van der Waals surface area contributed by atoms with Crippen molar-refractivity contribution in [2.75, 3.05) is 32.8 Å². The normalized spacial score (nSPS) is 15.9. The van der Waals surface area contributed by atoms with E-state index in [4.69, 9.17) is 10.5 Å². The van der Waals surface area contributed by atoms with Gasteiger partial charge < -0.3 is 21.1 Å². The number of carbonyl (C=O) groups is 2. The summed E-state index contributed by atoms with van der Waals surface area (Å²) in [5.41, 5.74) is 5.83. The summed E-state index contributed by atoms with van der Waals surface area (Å²) >= 11 is 3.33. The molecule has 0 spiro atoms. The molecule has 2 amide bonds. The van der Waals surface area contributed by atoms with Crippen LogP contribution >= 0.6 is 28.3 Å². The van der Waals surface area contributed by atoms with E-state index in [1.54, 1.807) is 18.2 Å². The number of nitrogens with two attached hydrogens (primary N) is 1. The fourth-order valence-corrected chi connectivity index (χ4v) is 2.96. The van der Waals surface area contributed by atoms with Gasteiger partial charge in [-0.1, -0.05) is 22.0 Å². The van der Waals surface area contributed by atoms with Crippen LogP contribution in [0, 0.1) is 5.41 Å². The van der Waals surface area contributed by atoms with Gasteiger partial charge in [0, 0.05) is 42.9 Å². The SMILES string of the molecule is Cl.NCC1(C(=O)NCCNC(=O)c2cccc(Br)c2)CCOCC1. The van der Waals surface area contributed by atoms with Crippen molar-refractivity contribution in [1.82, 2.24) is 10.6 Å². The Labute approximate surface area is 156 Å². The van der Waals surface area contributed by atoms with Gasteiger partial charge in [-0.15, -0.1) is 12.4 Å². The minimum absolute atomic E-state index is 0. The summed E-state index contributed by atoms with van der Waals surface area (Å²) in [6.45, 7) is 2.18. The molecule has 4 N–H and O–H groups in total. The molecule has 1 heterocycles. The molecule has 1 aliphatic heterocycles. The van der Waals surface area contributed by atoms with Gasteiger partial charge in [-0.2, -0.15) is 0 Å². The number of amides is 2. The van der Waals surface area contributed by atoms with Gasteiger partial charge in [0.1, 0.15) is 0 Å². The Kier molecular flexibility index (Phi) is 8.69. The van der Waals surface area contributed by atoms with Crippen molar-refractivity contribution in [2.45, 2.75) is 12.8 Å². The van der Waals surface area contributed by atoms with E-state index in [9.17, 15) is 9.59 Å². The fraction of sp³-hybridized carbons (Fsp3) is 0.500. The van der Waals surface area contributed by atoms with Crippen molar-refractivity contribution >= 4 is 40.2 Å². The monoisotopic (exact) mass is 419 g/mol. The molecule has 0 radical (unpaired) electrons. The highest BCUT2D eigenvalue weighted by atomic mass is 79.9. The lowest BCUT2D eigenvalue weighted by atomic mass is 9.79. The Hall–Kier alpha value is -1.15. The Morgan fingerprint density at radius 1 is 1.21 bits per heavy atom. The molecule has 0 bridgehead atoms. The molecule has 0 saturated carbocycles. The average Bonchev–Trinajstić information content (AvgIpc) is 2.58.